The van der Waals surface area contributed by atoms with Crippen LogP contribution in [0.5, 0.6) is 11.5 Å². The Morgan fingerprint density at radius 2 is 1.88 bits per heavy atom. The van der Waals surface area contributed by atoms with Gasteiger partial charge in [0, 0.05) is 6.04 Å². The van der Waals surface area contributed by atoms with Gasteiger partial charge in [0.25, 0.3) is 0 Å². The highest BCUT2D eigenvalue weighted by molar-refractivity contribution is 5.85. The summed E-state index contributed by atoms with van der Waals surface area (Å²) >= 11 is 0. The molecule has 1 amide bonds. The summed E-state index contributed by atoms with van der Waals surface area (Å²) in [6, 6.07) is 6.04. The van der Waals surface area contributed by atoms with Gasteiger partial charge in [-0.3, -0.25) is 9.80 Å². The number of hydrogen-bond donors (Lipinski definition) is 1. The van der Waals surface area contributed by atoms with Crippen molar-refractivity contribution in [2.45, 2.75) is 71.6 Å². The zero-order valence-corrected chi connectivity index (χ0v) is 16.0. The SMILES string of the molecule is COc1ccc(C2NN(C(C)C)C(=O)C2(C)C)cc1OC1CCCC1. The fourth-order valence-corrected chi connectivity index (χ4v) is 3.82. The fourth-order valence-electron chi connectivity index (χ4n) is 3.82. The van der Waals surface area contributed by atoms with Crippen LogP contribution >= 0.6 is 0 Å². The minimum Gasteiger partial charge on any atom is -0.493 e. The number of amides is 1. The molecule has 5 heteroatoms. The molecule has 0 spiro atoms. The number of nitrogens with zero attached hydrogens (tertiary/aromatic N) is 1. The van der Waals surface area contributed by atoms with E-state index in [0.717, 1.165) is 29.9 Å². The number of rotatable bonds is 5. The van der Waals surface area contributed by atoms with Crippen LogP contribution in [-0.2, 0) is 4.79 Å². The molecule has 2 aliphatic rings. The molecule has 1 unspecified atom stereocenters. The third kappa shape index (κ3) is 3.34. The normalized spacial score (nSPS) is 23.5. The number of hydrogen-bond acceptors (Lipinski definition) is 4. The highest BCUT2D eigenvalue weighted by Crippen LogP contribution is 2.43. The Morgan fingerprint density at radius 3 is 2.44 bits per heavy atom. The molecule has 2 fully saturated rings. The number of methoxy groups -OCH3 is 1. The summed E-state index contributed by atoms with van der Waals surface area (Å²) < 4.78 is 11.7. The zero-order chi connectivity index (χ0) is 18.2. The molecule has 0 radical (unpaired) electrons. The van der Waals surface area contributed by atoms with Crippen LogP contribution in [-0.4, -0.2) is 30.2 Å². The summed E-state index contributed by atoms with van der Waals surface area (Å²) in [5, 5.41) is 1.74. The molecule has 1 heterocycles. The molecule has 5 nitrogen and oxygen atoms in total. The molecule has 1 aliphatic carbocycles. The molecular weight excluding hydrogens is 316 g/mol. The Hall–Kier alpha value is -1.75. The summed E-state index contributed by atoms with van der Waals surface area (Å²) in [4.78, 5) is 12.7. The first kappa shape index (κ1) is 18.1. The van der Waals surface area contributed by atoms with Crippen molar-refractivity contribution in [3.8, 4) is 11.5 Å². The van der Waals surface area contributed by atoms with E-state index in [4.69, 9.17) is 9.47 Å². The summed E-state index contributed by atoms with van der Waals surface area (Å²) in [6.07, 6.45) is 4.91. The van der Waals surface area contributed by atoms with E-state index in [0.29, 0.717) is 0 Å². The Labute approximate surface area is 150 Å². The Morgan fingerprint density at radius 1 is 1.20 bits per heavy atom. The van der Waals surface area contributed by atoms with Gasteiger partial charge in [0.1, 0.15) is 0 Å². The molecule has 138 valence electrons. The maximum atomic E-state index is 12.7. The first-order valence-corrected chi connectivity index (χ1v) is 9.29. The number of ether oxygens (including phenoxy) is 2. The van der Waals surface area contributed by atoms with Crippen LogP contribution in [0, 0.1) is 5.41 Å². The fraction of sp³-hybridized carbons (Fsp3) is 0.650. The third-order valence-electron chi connectivity index (χ3n) is 5.39. The second kappa shape index (κ2) is 6.87. The molecule has 1 saturated heterocycles. The van der Waals surface area contributed by atoms with E-state index in [1.807, 2.05) is 45.9 Å². The second-order valence-electron chi connectivity index (χ2n) is 7.99. The minimum atomic E-state index is -0.510. The molecule has 25 heavy (non-hydrogen) atoms. The summed E-state index contributed by atoms with van der Waals surface area (Å²) in [7, 11) is 1.66. The lowest BCUT2D eigenvalue weighted by Gasteiger charge is -2.24. The largest absolute Gasteiger partial charge is 0.493 e. The predicted octanol–water partition coefficient (Wildman–Crippen LogP) is 3.84. The minimum absolute atomic E-state index is 0.0840. The average Bonchev–Trinajstić information content (AvgIpc) is 3.15. The van der Waals surface area contributed by atoms with Crippen molar-refractivity contribution in [3.63, 3.8) is 0 Å². The van der Waals surface area contributed by atoms with Gasteiger partial charge in [0.15, 0.2) is 11.5 Å². The molecule has 1 aliphatic heterocycles. The molecule has 0 bridgehead atoms. The van der Waals surface area contributed by atoms with Crippen molar-refractivity contribution in [2.24, 2.45) is 5.41 Å². The van der Waals surface area contributed by atoms with Crippen LogP contribution in [0.4, 0.5) is 0 Å². The molecule has 1 N–H and O–H groups in total. The van der Waals surface area contributed by atoms with Crippen molar-refractivity contribution in [1.29, 1.82) is 0 Å². The Balaban J connectivity index is 1.90. The molecular formula is C20H30N2O3. The van der Waals surface area contributed by atoms with E-state index < -0.39 is 5.41 Å². The van der Waals surface area contributed by atoms with E-state index in [1.165, 1.54) is 12.8 Å². The molecule has 1 aromatic carbocycles. The average molecular weight is 346 g/mol. The number of nitrogens with one attached hydrogen (secondary N) is 1. The van der Waals surface area contributed by atoms with Crippen LogP contribution in [0.15, 0.2) is 18.2 Å². The first-order valence-electron chi connectivity index (χ1n) is 9.29. The van der Waals surface area contributed by atoms with E-state index in [2.05, 4.69) is 5.43 Å². The standard InChI is InChI=1S/C20H30N2O3/c1-13(2)22-19(23)20(3,4)18(21-22)14-10-11-16(24-5)17(12-14)25-15-8-6-7-9-15/h10-13,15,18,21H,6-9H2,1-5H3. The maximum Gasteiger partial charge on any atom is 0.244 e. The van der Waals surface area contributed by atoms with Crippen LogP contribution in [0.25, 0.3) is 0 Å². The number of carbonyl (C=O) groups is 1. The quantitative estimate of drug-likeness (QED) is 0.880. The molecule has 1 saturated carbocycles. The third-order valence-corrected chi connectivity index (χ3v) is 5.39. The van der Waals surface area contributed by atoms with E-state index in [-0.39, 0.29) is 24.1 Å². The number of hydrazine groups is 1. The molecule has 3 rings (SSSR count). The van der Waals surface area contributed by atoms with E-state index in [1.54, 1.807) is 12.1 Å². The van der Waals surface area contributed by atoms with Crippen molar-refractivity contribution in [3.05, 3.63) is 23.8 Å². The van der Waals surface area contributed by atoms with Crippen molar-refractivity contribution < 1.29 is 14.3 Å². The lowest BCUT2D eigenvalue weighted by molar-refractivity contribution is -0.137. The highest BCUT2D eigenvalue weighted by Gasteiger charge is 2.48. The number of carbonyl (C=O) groups excluding carboxylic acids is 1. The topological polar surface area (TPSA) is 50.8 Å². The van der Waals surface area contributed by atoms with Gasteiger partial charge in [0.2, 0.25) is 5.91 Å². The maximum absolute atomic E-state index is 12.7. The van der Waals surface area contributed by atoms with Crippen LogP contribution in [0.1, 0.15) is 65.0 Å². The van der Waals surface area contributed by atoms with Crippen molar-refractivity contribution in [2.75, 3.05) is 7.11 Å². The van der Waals surface area contributed by atoms with Gasteiger partial charge >= 0.3 is 0 Å². The first-order chi connectivity index (χ1) is 11.8. The monoisotopic (exact) mass is 346 g/mol. The van der Waals surface area contributed by atoms with Crippen LogP contribution < -0.4 is 14.9 Å². The Kier molecular flexibility index (Phi) is 4.96. The van der Waals surface area contributed by atoms with Gasteiger partial charge in [0.05, 0.1) is 24.7 Å². The smallest absolute Gasteiger partial charge is 0.244 e. The summed E-state index contributed by atoms with van der Waals surface area (Å²) in [6.45, 7) is 8.03. The predicted molar refractivity (Wildman–Crippen MR) is 97.5 cm³/mol. The van der Waals surface area contributed by atoms with Gasteiger partial charge in [-0.25, -0.2) is 5.43 Å². The van der Waals surface area contributed by atoms with Crippen LogP contribution in [0.2, 0.25) is 0 Å². The zero-order valence-electron chi connectivity index (χ0n) is 16.0. The van der Waals surface area contributed by atoms with Gasteiger partial charge in [-0.05, 0) is 71.1 Å². The van der Waals surface area contributed by atoms with Crippen molar-refractivity contribution >= 4 is 5.91 Å². The van der Waals surface area contributed by atoms with Crippen LogP contribution in [0.3, 0.4) is 0 Å². The summed E-state index contributed by atoms with van der Waals surface area (Å²) in [5.41, 5.74) is 3.93. The Bertz CT molecular complexity index is 636. The van der Waals surface area contributed by atoms with Gasteiger partial charge in [-0.1, -0.05) is 6.07 Å². The van der Waals surface area contributed by atoms with E-state index in [9.17, 15) is 4.79 Å². The second-order valence-corrected chi connectivity index (χ2v) is 7.99. The van der Waals surface area contributed by atoms with Crippen molar-refractivity contribution in [1.82, 2.24) is 10.4 Å². The lowest BCUT2D eigenvalue weighted by atomic mass is 9.81. The lowest BCUT2D eigenvalue weighted by Crippen LogP contribution is -2.41. The summed E-state index contributed by atoms with van der Waals surface area (Å²) in [5.74, 6) is 1.65. The number of benzene rings is 1. The van der Waals surface area contributed by atoms with Gasteiger partial charge in [-0.15, -0.1) is 0 Å². The van der Waals surface area contributed by atoms with Gasteiger partial charge in [-0.2, -0.15) is 0 Å². The van der Waals surface area contributed by atoms with E-state index >= 15 is 0 Å². The molecule has 0 aromatic heterocycles. The van der Waals surface area contributed by atoms with Gasteiger partial charge < -0.3 is 9.47 Å². The molecule has 1 aromatic rings. The highest BCUT2D eigenvalue weighted by atomic mass is 16.5. The molecule has 1 atom stereocenters.